The van der Waals surface area contributed by atoms with Crippen molar-refractivity contribution in [1.82, 2.24) is 0 Å². The molecular weight excluding hydrogens is 216 g/mol. The molecule has 0 fully saturated rings. The van der Waals surface area contributed by atoms with Crippen molar-refractivity contribution in [2.24, 2.45) is 0 Å². The molecule has 2 rings (SSSR count). The van der Waals surface area contributed by atoms with E-state index in [1.165, 1.54) is 11.1 Å². The van der Waals surface area contributed by atoms with Crippen LogP contribution in [-0.4, -0.2) is 20.0 Å². The topological polar surface area (TPSA) is 35.5 Å². The molecule has 0 saturated heterocycles. The number of fused-ring (bicyclic) bond motifs is 1. The van der Waals surface area contributed by atoms with Gasteiger partial charge in [-0.3, -0.25) is 4.79 Å². The molecule has 0 spiro atoms. The summed E-state index contributed by atoms with van der Waals surface area (Å²) >= 11 is 0. The van der Waals surface area contributed by atoms with Crippen LogP contribution in [0.5, 0.6) is 11.5 Å². The fourth-order valence-electron chi connectivity index (χ4n) is 2.61. The predicted octanol–water partition coefficient (Wildman–Crippen LogP) is 2.32. The number of carbonyl (C=O) groups excluding carboxylic acids is 1. The van der Waals surface area contributed by atoms with Gasteiger partial charge in [0.25, 0.3) is 0 Å². The highest BCUT2D eigenvalue weighted by Gasteiger charge is 2.23. The minimum atomic E-state index is 0.142. The third-order valence-corrected chi connectivity index (χ3v) is 3.25. The van der Waals surface area contributed by atoms with Gasteiger partial charge in [-0.05, 0) is 32.3 Å². The highest BCUT2D eigenvalue weighted by Crippen LogP contribution is 2.40. The molecule has 0 heterocycles. The Morgan fingerprint density at radius 2 is 1.94 bits per heavy atom. The highest BCUT2D eigenvalue weighted by molar-refractivity contribution is 5.79. The number of Topliss-reactive ketones (excluding diaryl/α,β-unsaturated/α-hetero) is 1. The van der Waals surface area contributed by atoms with Crippen LogP contribution in [0.25, 0.3) is 0 Å². The molecule has 1 aromatic carbocycles. The van der Waals surface area contributed by atoms with Gasteiger partial charge in [-0.15, -0.1) is 0 Å². The lowest BCUT2D eigenvalue weighted by atomic mass is 10.00. The van der Waals surface area contributed by atoms with Crippen molar-refractivity contribution in [3.63, 3.8) is 0 Å². The van der Waals surface area contributed by atoms with E-state index in [2.05, 4.69) is 0 Å². The normalized spacial score (nSPS) is 13.4. The maximum absolute atomic E-state index is 11.3. The first kappa shape index (κ1) is 12.0. The molecule has 1 aliphatic rings. The Kier molecular flexibility index (Phi) is 3.36. The molecule has 17 heavy (non-hydrogen) atoms. The zero-order valence-corrected chi connectivity index (χ0v) is 10.6. The summed E-state index contributed by atoms with van der Waals surface area (Å²) in [7, 11) is 3.35. The van der Waals surface area contributed by atoms with Crippen LogP contribution in [0.1, 0.15) is 30.0 Å². The summed E-state index contributed by atoms with van der Waals surface area (Å²) in [6.07, 6.45) is 3.59. The van der Waals surface area contributed by atoms with Crippen molar-refractivity contribution >= 4 is 5.78 Å². The van der Waals surface area contributed by atoms with E-state index in [-0.39, 0.29) is 5.78 Å². The van der Waals surface area contributed by atoms with E-state index in [0.717, 1.165) is 36.3 Å². The Hall–Kier alpha value is -1.51. The molecule has 0 radical (unpaired) electrons. The van der Waals surface area contributed by atoms with Crippen molar-refractivity contribution in [2.75, 3.05) is 14.2 Å². The van der Waals surface area contributed by atoms with E-state index in [1.54, 1.807) is 21.1 Å². The molecule has 3 heteroatoms. The lowest BCUT2D eigenvalue weighted by Gasteiger charge is -2.15. The summed E-state index contributed by atoms with van der Waals surface area (Å²) in [6, 6.07) is 1.95. The lowest BCUT2D eigenvalue weighted by Crippen LogP contribution is -2.04. The van der Waals surface area contributed by atoms with Crippen LogP contribution in [0, 0.1) is 0 Å². The number of rotatable bonds is 4. The lowest BCUT2D eigenvalue weighted by molar-refractivity contribution is -0.116. The molecule has 0 N–H and O–H groups in total. The number of benzene rings is 1. The van der Waals surface area contributed by atoms with Crippen molar-refractivity contribution < 1.29 is 14.3 Å². The molecule has 0 unspecified atom stereocenters. The Balaban J connectivity index is 2.55. The van der Waals surface area contributed by atoms with Gasteiger partial charge < -0.3 is 9.47 Å². The van der Waals surface area contributed by atoms with Crippen LogP contribution in [0.2, 0.25) is 0 Å². The Morgan fingerprint density at radius 1 is 1.24 bits per heavy atom. The second kappa shape index (κ2) is 4.78. The van der Waals surface area contributed by atoms with Crippen LogP contribution in [-0.2, 0) is 24.1 Å². The standard InChI is InChI=1S/C14H18O3/c1-9(15)7-10-8-13(16-2)11-5-4-6-12(11)14(10)17-3/h8H,4-7H2,1-3H3. The fourth-order valence-corrected chi connectivity index (χ4v) is 2.61. The first-order valence-electron chi connectivity index (χ1n) is 5.92. The second-order valence-electron chi connectivity index (χ2n) is 4.46. The smallest absolute Gasteiger partial charge is 0.134 e. The summed E-state index contributed by atoms with van der Waals surface area (Å²) in [6.45, 7) is 1.60. The molecule has 0 atom stereocenters. The molecular formula is C14H18O3. The molecule has 3 nitrogen and oxygen atoms in total. The van der Waals surface area contributed by atoms with Crippen LogP contribution in [0.3, 0.4) is 0 Å². The van der Waals surface area contributed by atoms with E-state index in [1.807, 2.05) is 6.07 Å². The molecule has 1 aromatic rings. The molecule has 0 saturated carbocycles. The summed E-state index contributed by atoms with van der Waals surface area (Å²) in [5, 5.41) is 0. The summed E-state index contributed by atoms with van der Waals surface area (Å²) in [4.78, 5) is 11.3. The first-order valence-corrected chi connectivity index (χ1v) is 5.92. The zero-order chi connectivity index (χ0) is 12.4. The Morgan fingerprint density at radius 3 is 2.53 bits per heavy atom. The molecule has 0 aromatic heterocycles. The van der Waals surface area contributed by atoms with E-state index in [9.17, 15) is 4.79 Å². The second-order valence-corrected chi connectivity index (χ2v) is 4.46. The van der Waals surface area contributed by atoms with E-state index in [4.69, 9.17) is 9.47 Å². The van der Waals surface area contributed by atoms with E-state index in [0.29, 0.717) is 6.42 Å². The van der Waals surface area contributed by atoms with Crippen molar-refractivity contribution in [3.05, 3.63) is 22.8 Å². The Labute approximate surface area is 102 Å². The minimum absolute atomic E-state index is 0.142. The molecule has 0 amide bonds. The SMILES string of the molecule is COc1cc(CC(C)=O)c(OC)c2c1CCC2. The summed E-state index contributed by atoms with van der Waals surface area (Å²) < 4.78 is 10.9. The summed E-state index contributed by atoms with van der Waals surface area (Å²) in [5.41, 5.74) is 3.41. The molecule has 1 aliphatic carbocycles. The minimum Gasteiger partial charge on any atom is -0.496 e. The zero-order valence-electron chi connectivity index (χ0n) is 10.6. The van der Waals surface area contributed by atoms with Gasteiger partial charge >= 0.3 is 0 Å². The number of ether oxygens (including phenoxy) is 2. The monoisotopic (exact) mass is 234 g/mol. The number of hydrogen-bond donors (Lipinski definition) is 0. The van der Waals surface area contributed by atoms with Gasteiger partial charge in [0.15, 0.2) is 0 Å². The van der Waals surface area contributed by atoms with Gasteiger partial charge in [-0.2, -0.15) is 0 Å². The highest BCUT2D eigenvalue weighted by atomic mass is 16.5. The quantitative estimate of drug-likeness (QED) is 0.802. The number of hydrogen-bond acceptors (Lipinski definition) is 3. The van der Waals surface area contributed by atoms with Crippen molar-refractivity contribution in [3.8, 4) is 11.5 Å². The van der Waals surface area contributed by atoms with Gasteiger partial charge in [0.2, 0.25) is 0 Å². The third-order valence-electron chi connectivity index (χ3n) is 3.25. The average Bonchev–Trinajstić information content (AvgIpc) is 2.76. The average molecular weight is 234 g/mol. The van der Waals surface area contributed by atoms with Crippen LogP contribution in [0.15, 0.2) is 6.07 Å². The van der Waals surface area contributed by atoms with Gasteiger partial charge in [0.05, 0.1) is 14.2 Å². The number of ketones is 1. The van der Waals surface area contributed by atoms with E-state index < -0.39 is 0 Å². The van der Waals surface area contributed by atoms with E-state index >= 15 is 0 Å². The van der Waals surface area contributed by atoms with Gasteiger partial charge in [-0.1, -0.05) is 0 Å². The third kappa shape index (κ3) is 2.14. The summed E-state index contributed by atoms with van der Waals surface area (Å²) in [5.74, 6) is 1.92. The Bertz CT molecular complexity index is 449. The van der Waals surface area contributed by atoms with Crippen LogP contribution < -0.4 is 9.47 Å². The van der Waals surface area contributed by atoms with Crippen molar-refractivity contribution in [1.29, 1.82) is 0 Å². The maximum Gasteiger partial charge on any atom is 0.134 e. The van der Waals surface area contributed by atoms with Crippen molar-refractivity contribution in [2.45, 2.75) is 32.6 Å². The molecule has 92 valence electrons. The van der Waals surface area contributed by atoms with Gasteiger partial charge in [0, 0.05) is 23.1 Å². The van der Waals surface area contributed by atoms with Gasteiger partial charge in [0.1, 0.15) is 17.3 Å². The first-order chi connectivity index (χ1) is 8.17. The van der Waals surface area contributed by atoms with Crippen LogP contribution >= 0.6 is 0 Å². The molecule has 0 aliphatic heterocycles. The van der Waals surface area contributed by atoms with Crippen LogP contribution in [0.4, 0.5) is 0 Å². The van der Waals surface area contributed by atoms with Gasteiger partial charge in [-0.25, -0.2) is 0 Å². The largest absolute Gasteiger partial charge is 0.496 e. The fraction of sp³-hybridized carbons (Fsp3) is 0.500. The number of carbonyl (C=O) groups is 1. The number of methoxy groups -OCH3 is 2. The predicted molar refractivity (Wildman–Crippen MR) is 66.0 cm³/mol. The maximum atomic E-state index is 11.3. The molecule has 0 bridgehead atoms.